The van der Waals surface area contributed by atoms with Crippen molar-refractivity contribution >= 4 is 45.3 Å². The molecule has 0 unspecified atom stereocenters. The molecule has 0 aliphatic carbocycles. The van der Waals surface area contributed by atoms with E-state index in [1.54, 1.807) is 0 Å². The van der Waals surface area contributed by atoms with Gasteiger partial charge in [0.25, 0.3) is 0 Å². The SMILES string of the molecule is c1cnc2c(SCCCCCCCCSc3cccc4cccnc34)cccc2c1. The van der Waals surface area contributed by atoms with Crippen LogP contribution in [0.15, 0.2) is 82.8 Å². The van der Waals surface area contributed by atoms with Crippen molar-refractivity contribution in [2.75, 3.05) is 11.5 Å². The molecule has 0 saturated heterocycles. The third-order valence-corrected chi connectivity index (χ3v) is 7.51. The Balaban J connectivity index is 1.08. The monoisotopic (exact) mass is 432 g/mol. The molecular formula is C26H28N2S2. The normalized spacial score (nSPS) is 11.3. The molecule has 0 amide bonds. The second-order valence-corrected chi connectivity index (χ2v) is 9.75. The van der Waals surface area contributed by atoms with E-state index < -0.39 is 0 Å². The second-order valence-electron chi connectivity index (χ2n) is 7.48. The molecule has 2 aromatic heterocycles. The Kier molecular flexibility index (Phi) is 8.04. The molecule has 0 atom stereocenters. The molecule has 0 N–H and O–H groups in total. The predicted molar refractivity (Wildman–Crippen MR) is 133 cm³/mol. The summed E-state index contributed by atoms with van der Waals surface area (Å²) in [6.45, 7) is 0. The number of pyridine rings is 2. The first-order valence-corrected chi connectivity index (χ1v) is 12.8. The van der Waals surface area contributed by atoms with E-state index in [4.69, 9.17) is 0 Å². The molecule has 30 heavy (non-hydrogen) atoms. The lowest BCUT2D eigenvalue weighted by molar-refractivity contribution is 0.629. The van der Waals surface area contributed by atoms with Crippen LogP contribution in [0, 0.1) is 0 Å². The van der Waals surface area contributed by atoms with Crippen LogP contribution in [-0.2, 0) is 0 Å². The van der Waals surface area contributed by atoms with Crippen LogP contribution in [0.25, 0.3) is 21.8 Å². The lowest BCUT2D eigenvalue weighted by Gasteiger charge is -2.06. The third-order valence-electron chi connectivity index (χ3n) is 5.25. The van der Waals surface area contributed by atoms with Crippen molar-refractivity contribution in [3.05, 3.63) is 73.1 Å². The smallest absolute Gasteiger partial charge is 0.0837 e. The van der Waals surface area contributed by atoms with Crippen molar-refractivity contribution in [3.8, 4) is 0 Å². The van der Waals surface area contributed by atoms with Crippen molar-refractivity contribution in [2.45, 2.75) is 48.3 Å². The quantitative estimate of drug-likeness (QED) is 0.177. The first-order chi connectivity index (χ1) is 14.9. The van der Waals surface area contributed by atoms with E-state index in [9.17, 15) is 0 Å². The molecular weight excluding hydrogens is 404 g/mol. The Hall–Kier alpha value is -2.04. The lowest BCUT2D eigenvalue weighted by Crippen LogP contribution is -1.87. The fraction of sp³-hybridized carbons (Fsp3) is 0.308. The van der Waals surface area contributed by atoms with Crippen molar-refractivity contribution < 1.29 is 0 Å². The summed E-state index contributed by atoms with van der Waals surface area (Å²) < 4.78 is 0. The maximum absolute atomic E-state index is 4.55. The zero-order chi connectivity index (χ0) is 20.4. The summed E-state index contributed by atoms with van der Waals surface area (Å²) >= 11 is 3.90. The average Bonchev–Trinajstić information content (AvgIpc) is 2.80. The third kappa shape index (κ3) is 5.77. The molecule has 4 aromatic rings. The Morgan fingerprint density at radius 1 is 0.500 bits per heavy atom. The van der Waals surface area contributed by atoms with Gasteiger partial charge < -0.3 is 0 Å². The Morgan fingerprint density at radius 2 is 0.933 bits per heavy atom. The minimum absolute atomic E-state index is 1.14. The summed E-state index contributed by atoms with van der Waals surface area (Å²) in [5, 5.41) is 2.47. The van der Waals surface area contributed by atoms with Gasteiger partial charge in [-0.1, -0.05) is 62.1 Å². The zero-order valence-electron chi connectivity index (χ0n) is 17.3. The molecule has 154 valence electrons. The van der Waals surface area contributed by atoms with Crippen molar-refractivity contribution in [1.82, 2.24) is 9.97 Å². The summed E-state index contributed by atoms with van der Waals surface area (Å²) in [4.78, 5) is 11.7. The first-order valence-electron chi connectivity index (χ1n) is 10.8. The van der Waals surface area contributed by atoms with Gasteiger partial charge >= 0.3 is 0 Å². The van der Waals surface area contributed by atoms with E-state index in [1.807, 2.05) is 48.1 Å². The van der Waals surface area contributed by atoms with Gasteiger partial charge in [0, 0.05) is 33.0 Å². The topological polar surface area (TPSA) is 25.8 Å². The molecule has 4 rings (SSSR count). The fourth-order valence-corrected chi connectivity index (χ4v) is 5.76. The average molecular weight is 433 g/mol. The molecule has 0 aliphatic heterocycles. The van der Waals surface area contributed by atoms with Gasteiger partial charge in [0.2, 0.25) is 0 Å². The second kappa shape index (κ2) is 11.4. The molecule has 0 radical (unpaired) electrons. The van der Waals surface area contributed by atoms with Gasteiger partial charge in [-0.15, -0.1) is 23.5 Å². The van der Waals surface area contributed by atoms with Crippen LogP contribution in [0.3, 0.4) is 0 Å². The highest BCUT2D eigenvalue weighted by Crippen LogP contribution is 2.28. The Morgan fingerprint density at radius 3 is 1.43 bits per heavy atom. The van der Waals surface area contributed by atoms with E-state index in [1.165, 1.54) is 70.6 Å². The molecule has 2 nitrogen and oxygen atoms in total. The minimum atomic E-state index is 1.14. The Labute approximate surface area is 187 Å². The van der Waals surface area contributed by atoms with Crippen LogP contribution in [0.2, 0.25) is 0 Å². The summed E-state index contributed by atoms with van der Waals surface area (Å²) in [6, 6.07) is 21.2. The largest absolute Gasteiger partial charge is 0.255 e. The number of rotatable bonds is 11. The molecule has 0 bridgehead atoms. The molecule has 0 aliphatic rings. The fourth-order valence-electron chi connectivity index (χ4n) is 3.66. The van der Waals surface area contributed by atoms with E-state index in [0.717, 1.165) is 11.0 Å². The minimum Gasteiger partial charge on any atom is -0.255 e. The maximum Gasteiger partial charge on any atom is 0.0837 e. The van der Waals surface area contributed by atoms with Gasteiger partial charge in [-0.25, -0.2) is 0 Å². The predicted octanol–water partition coefficient (Wildman–Crippen LogP) is 8.01. The number of unbranched alkanes of at least 4 members (excludes halogenated alkanes) is 5. The highest BCUT2D eigenvalue weighted by molar-refractivity contribution is 7.99. The van der Waals surface area contributed by atoms with Crippen LogP contribution in [0.5, 0.6) is 0 Å². The van der Waals surface area contributed by atoms with Crippen LogP contribution in [-0.4, -0.2) is 21.5 Å². The number of thioether (sulfide) groups is 2. The number of benzene rings is 2. The van der Waals surface area contributed by atoms with Gasteiger partial charge in [-0.3, -0.25) is 9.97 Å². The van der Waals surface area contributed by atoms with Crippen molar-refractivity contribution in [2.24, 2.45) is 0 Å². The number of nitrogens with zero attached hydrogens (tertiary/aromatic N) is 2. The van der Waals surface area contributed by atoms with Crippen molar-refractivity contribution in [3.63, 3.8) is 0 Å². The number of hydrogen-bond acceptors (Lipinski definition) is 4. The molecule has 2 aromatic carbocycles. The van der Waals surface area contributed by atoms with Crippen molar-refractivity contribution in [1.29, 1.82) is 0 Å². The van der Waals surface area contributed by atoms with Crippen LogP contribution >= 0.6 is 23.5 Å². The zero-order valence-corrected chi connectivity index (χ0v) is 18.9. The Bertz CT molecular complexity index is 983. The summed E-state index contributed by atoms with van der Waals surface area (Å²) in [5.74, 6) is 2.36. The number of para-hydroxylation sites is 2. The van der Waals surface area contributed by atoms with Gasteiger partial charge in [0.05, 0.1) is 11.0 Å². The summed E-state index contributed by atoms with van der Waals surface area (Å²) in [7, 11) is 0. The molecule has 0 saturated carbocycles. The maximum atomic E-state index is 4.55. The van der Waals surface area contributed by atoms with Gasteiger partial charge in [-0.2, -0.15) is 0 Å². The van der Waals surface area contributed by atoms with Gasteiger partial charge in [-0.05, 0) is 48.6 Å². The van der Waals surface area contributed by atoms with Crippen LogP contribution in [0.4, 0.5) is 0 Å². The summed E-state index contributed by atoms with van der Waals surface area (Å²) in [5.41, 5.74) is 2.28. The number of hydrogen-bond donors (Lipinski definition) is 0. The van der Waals surface area contributed by atoms with Crippen LogP contribution < -0.4 is 0 Å². The number of aromatic nitrogens is 2. The van der Waals surface area contributed by atoms with E-state index in [-0.39, 0.29) is 0 Å². The van der Waals surface area contributed by atoms with Crippen LogP contribution in [0.1, 0.15) is 38.5 Å². The standard InChI is InChI=1S/C26H28N2S2/c1(3-5-19-29-23-15-7-11-21-13-9-17-27-25(21)23)2-4-6-20-30-24-16-8-12-22-14-10-18-28-26(22)24/h7-18H,1-6,19-20H2. The van der Waals surface area contributed by atoms with Gasteiger partial charge in [0.1, 0.15) is 0 Å². The van der Waals surface area contributed by atoms with E-state index in [2.05, 4.69) is 58.5 Å². The highest BCUT2D eigenvalue weighted by atomic mass is 32.2. The molecule has 0 fully saturated rings. The number of fused-ring (bicyclic) bond motifs is 2. The highest BCUT2D eigenvalue weighted by Gasteiger charge is 2.03. The summed E-state index contributed by atoms with van der Waals surface area (Å²) in [6.07, 6.45) is 11.7. The van der Waals surface area contributed by atoms with Gasteiger partial charge in [0.15, 0.2) is 0 Å². The lowest BCUT2D eigenvalue weighted by atomic mass is 10.1. The molecule has 4 heteroatoms. The van der Waals surface area contributed by atoms with E-state index in [0.29, 0.717) is 0 Å². The molecule has 0 spiro atoms. The van der Waals surface area contributed by atoms with E-state index >= 15 is 0 Å². The molecule has 2 heterocycles. The first kappa shape index (κ1) is 21.2.